The van der Waals surface area contributed by atoms with Crippen molar-refractivity contribution in [3.8, 4) is 11.1 Å². The Balaban J connectivity index is 2.01. The Morgan fingerprint density at radius 3 is 2.74 bits per heavy atom. The lowest BCUT2D eigenvalue weighted by Gasteiger charge is -2.25. The van der Waals surface area contributed by atoms with Gasteiger partial charge in [-0.1, -0.05) is 30.3 Å². The van der Waals surface area contributed by atoms with Crippen LogP contribution < -0.4 is 0 Å². The first kappa shape index (κ1) is 15.2. The molecule has 118 valence electrons. The second kappa shape index (κ2) is 6.20. The Bertz CT molecular complexity index is 769. The third-order valence-electron chi connectivity index (χ3n) is 4.40. The summed E-state index contributed by atoms with van der Waals surface area (Å²) in [4.78, 5) is 21.6. The summed E-state index contributed by atoms with van der Waals surface area (Å²) in [6.07, 6.45) is 2.96. The van der Waals surface area contributed by atoms with Crippen LogP contribution in [0.1, 0.15) is 36.3 Å². The molecule has 0 fully saturated rings. The van der Waals surface area contributed by atoms with Gasteiger partial charge in [-0.3, -0.25) is 14.9 Å². The number of benzene rings is 2. The average molecular weight is 311 g/mol. The molecule has 1 aliphatic carbocycles. The maximum absolute atomic E-state index is 11.1. The van der Waals surface area contributed by atoms with Crippen molar-refractivity contribution in [3.05, 3.63) is 63.7 Å². The number of hydrogen-bond donors (Lipinski definition) is 1. The van der Waals surface area contributed by atoms with E-state index < -0.39 is 10.9 Å². The van der Waals surface area contributed by atoms with E-state index in [1.807, 2.05) is 24.3 Å². The number of carboxylic acids is 1. The van der Waals surface area contributed by atoms with E-state index in [9.17, 15) is 14.9 Å². The van der Waals surface area contributed by atoms with E-state index in [-0.39, 0.29) is 18.0 Å². The molecule has 1 aliphatic rings. The van der Waals surface area contributed by atoms with Gasteiger partial charge in [-0.05, 0) is 47.4 Å². The molecule has 3 rings (SSSR count). The molecule has 0 saturated heterocycles. The molecule has 0 saturated carbocycles. The third-order valence-corrected chi connectivity index (χ3v) is 4.40. The summed E-state index contributed by atoms with van der Waals surface area (Å²) in [5.41, 5.74) is 3.99. The van der Waals surface area contributed by atoms with Crippen LogP contribution in [0, 0.1) is 10.1 Å². The molecule has 5 nitrogen and oxygen atoms in total. The summed E-state index contributed by atoms with van der Waals surface area (Å²) in [5, 5.41) is 20.0. The first-order chi connectivity index (χ1) is 11.0. The Labute approximate surface area is 133 Å². The number of aliphatic carboxylic acids is 1. The molecule has 0 aliphatic heterocycles. The highest BCUT2D eigenvalue weighted by molar-refractivity contribution is 5.70. The Kier molecular flexibility index (Phi) is 4.10. The number of aryl methyl sites for hydroxylation is 1. The molecular formula is C18H17NO4. The third kappa shape index (κ3) is 3.23. The number of nitrogens with zero attached hydrogens (tertiary/aromatic N) is 1. The minimum Gasteiger partial charge on any atom is -0.481 e. The second-order valence-electron chi connectivity index (χ2n) is 5.91. The van der Waals surface area contributed by atoms with Crippen LogP contribution >= 0.6 is 0 Å². The lowest BCUT2D eigenvalue weighted by Crippen LogP contribution is -2.13. The van der Waals surface area contributed by atoms with Crippen LogP contribution in [0.2, 0.25) is 0 Å². The Morgan fingerprint density at radius 1 is 1.22 bits per heavy atom. The minimum absolute atomic E-state index is 0.0231. The zero-order valence-corrected chi connectivity index (χ0v) is 12.6. The molecule has 2 aromatic rings. The van der Waals surface area contributed by atoms with E-state index in [1.54, 1.807) is 12.1 Å². The molecular weight excluding hydrogens is 294 g/mol. The molecule has 0 bridgehead atoms. The van der Waals surface area contributed by atoms with Crippen molar-refractivity contribution < 1.29 is 14.8 Å². The van der Waals surface area contributed by atoms with Gasteiger partial charge >= 0.3 is 5.97 Å². The van der Waals surface area contributed by atoms with Gasteiger partial charge in [0.1, 0.15) is 0 Å². The zero-order valence-electron chi connectivity index (χ0n) is 12.6. The van der Waals surface area contributed by atoms with Crippen molar-refractivity contribution in [2.75, 3.05) is 0 Å². The van der Waals surface area contributed by atoms with Crippen molar-refractivity contribution in [3.63, 3.8) is 0 Å². The van der Waals surface area contributed by atoms with E-state index in [1.165, 1.54) is 11.6 Å². The number of non-ortho nitro benzene ring substituents is 1. The maximum Gasteiger partial charge on any atom is 0.303 e. The number of carboxylic acid groups (broad SMARTS) is 1. The molecule has 2 aromatic carbocycles. The van der Waals surface area contributed by atoms with Crippen molar-refractivity contribution >= 4 is 11.7 Å². The topological polar surface area (TPSA) is 80.4 Å². The van der Waals surface area contributed by atoms with Gasteiger partial charge < -0.3 is 5.11 Å². The SMILES string of the molecule is O=C(O)CC1CCCc2ccc(-c3cccc([N+](=O)[O-])c3)cc21. The average Bonchev–Trinajstić information content (AvgIpc) is 2.54. The van der Waals surface area contributed by atoms with Gasteiger partial charge in [-0.2, -0.15) is 0 Å². The smallest absolute Gasteiger partial charge is 0.303 e. The van der Waals surface area contributed by atoms with Crippen LogP contribution in [-0.2, 0) is 11.2 Å². The molecule has 0 heterocycles. The van der Waals surface area contributed by atoms with Crippen molar-refractivity contribution in [1.82, 2.24) is 0 Å². The molecule has 0 amide bonds. The van der Waals surface area contributed by atoms with Crippen molar-refractivity contribution in [2.24, 2.45) is 0 Å². The van der Waals surface area contributed by atoms with Crippen molar-refractivity contribution in [1.29, 1.82) is 0 Å². The quantitative estimate of drug-likeness (QED) is 0.679. The number of carbonyl (C=O) groups is 1. The highest BCUT2D eigenvalue weighted by Gasteiger charge is 2.23. The lowest BCUT2D eigenvalue weighted by molar-refractivity contribution is -0.384. The minimum atomic E-state index is -0.788. The summed E-state index contributed by atoms with van der Waals surface area (Å²) in [7, 11) is 0. The summed E-state index contributed by atoms with van der Waals surface area (Å²) >= 11 is 0. The predicted molar refractivity (Wildman–Crippen MR) is 86.5 cm³/mol. The summed E-state index contributed by atoms with van der Waals surface area (Å²) in [6.45, 7) is 0. The molecule has 5 heteroatoms. The van der Waals surface area contributed by atoms with Crippen LogP contribution in [-0.4, -0.2) is 16.0 Å². The monoisotopic (exact) mass is 311 g/mol. The molecule has 0 aromatic heterocycles. The standard InChI is InChI=1S/C18H17NO4/c20-18(21)11-15-5-1-3-12-7-8-14(10-17(12)15)13-4-2-6-16(9-13)19(22)23/h2,4,6-10,15H,1,3,5,11H2,(H,20,21). The predicted octanol–water partition coefficient (Wildman–Crippen LogP) is 4.16. The van der Waals surface area contributed by atoms with E-state index >= 15 is 0 Å². The van der Waals surface area contributed by atoms with Gasteiger partial charge in [0.2, 0.25) is 0 Å². The number of fused-ring (bicyclic) bond motifs is 1. The van der Waals surface area contributed by atoms with Crippen LogP contribution in [0.3, 0.4) is 0 Å². The number of hydrogen-bond acceptors (Lipinski definition) is 3. The second-order valence-corrected chi connectivity index (χ2v) is 5.91. The summed E-state index contributed by atoms with van der Waals surface area (Å²) in [5.74, 6) is -0.765. The van der Waals surface area contributed by atoms with Crippen LogP contribution in [0.5, 0.6) is 0 Å². The Morgan fingerprint density at radius 2 is 2.00 bits per heavy atom. The van der Waals surface area contributed by atoms with Gasteiger partial charge in [-0.15, -0.1) is 0 Å². The van der Waals surface area contributed by atoms with Crippen LogP contribution in [0.4, 0.5) is 5.69 Å². The lowest BCUT2D eigenvalue weighted by atomic mass is 9.80. The fourth-order valence-corrected chi connectivity index (χ4v) is 3.30. The first-order valence-corrected chi connectivity index (χ1v) is 7.64. The number of rotatable bonds is 4. The van der Waals surface area contributed by atoms with Gasteiger partial charge in [-0.25, -0.2) is 0 Å². The summed E-state index contributed by atoms with van der Waals surface area (Å²) < 4.78 is 0. The van der Waals surface area contributed by atoms with E-state index in [2.05, 4.69) is 0 Å². The van der Waals surface area contributed by atoms with Gasteiger partial charge in [0.05, 0.1) is 11.3 Å². The summed E-state index contributed by atoms with van der Waals surface area (Å²) in [6, 6.07) is 12.5. The van der Waals surface area contributed by atoms with Gasteiger partial charge in [0.25, 0.3) is 5.69 Å². The van der Waals surface area contributed by atoms with E-state index in [0.29, 0.717) is 0 Å². The highest BCUT2D eigenvalue weighted by Crippen LogP contribution is 2.37. The van der Waals surface area contributed by atoms with E-state index in [4.69, 9.17) is 5.11 Å². The van der Waals surface area contributed by atoms with Crippen LogP contribution in [0.15, 0.2) is 42.5 Å². The zero-order chi connectivity index (χ0) is 16.4. The fourth-order valence-electron chi connectivity index (χ4n) is 3.30. The maximum atomic E-state index is 11.1. The van der Waals surface area contributed by atoms with Crippen molar-refractivity contribution in [2.45, 2.75) is 31.6 Å². The van der Waals surface area contributed by atoms with Crippen LogP contribution in [0.25, 0.3) is 11.1 Å². The number of nitro benzene ring substituents is 1. The van der Waals surface area contributed by atoms with Gasteiger partial charge in [0.15, 0.2) is 0 Å². The normalized spacial score (nSPS) is 16.6. The molecule has 0 spiro atoms. The number of nitro groups is 1. The molecule has 1 unspecified atom stereocenters. The molecule has 1 atom stereocenters. The molecule has 23 heavy (non-hydrogen) atoms. The highest BCUT2D eigenvalue weighted by atomic mass is 16.6. The fraction of sp³-hybridized carbons (Fsp3) is 0.278. The largest absolute Gasteiger partial charge is 0.481 e. The Hall–Kier alpha value is -2.69. The molecule has 0 radical (unpaired) electrons. The van der Waals surface area contributed by atoms with E-state index in [0.717, 1.165) is 36.0 Å². The van der Waals surface area contributed by atoms with Gasteiger partial charge in [0, 0.05) is 12.1 Å². The molecule has 1 N–H and O–H groups in total. The first-order valence-electron chi connectivity index (χ1n) is 7.64.